The molecule has 31 heavy (non-hydrogen) atoms. The monoisotopic (exact) mass is 477 g/mol. The average molecular weight is 478 g/mol. The van der Waals surface area contributed by atoms with Crippen LogP contribution in [0.4, 0.5) is 10.1 Å². The van der Waals surface area contributed by atoms with E-state index < -0.39 is 48.1 Å². The van der Waals surface area contributed by atoms with Gasteiger partial charge in [-0.05, 0) is 30.7 Å². The molecule has 172 valence electrons. The Hall–Kier alpha value is -2.24. The molecule has 1 fully saturated rings. The van der Waals surface area contributed by atoms with Gasteiger partial charge in [0.1, 0.15) is 16.0 Å². The highest BCUT2D eigenvalue weighted by Gasteiger charge is 2.35. The standard InChI is InChI=1S/C15H24FN9O4S2/c1-8(6-17)22-31(28,29)12-3-2-11(25-5-4-10(18)9(16)7-25)13(14(12)30(19,26)27)15-20-23-24-21-15/h2-3,8-10,22H,4-7,17-18H2,1H3,(H2,19,26,27)(H,20,21,23,24)/t8-,9+,10-/m1/s1. The molecule has 0 saturated carbocycles. The fourth-order valence-electron chi connectivity index (χ4n) is 3.31. The highest BCUT2D eigenvalue weighted by atomic mass is 32.2. The third kappa shape index (κ3) is 4.83. The normalized spacial score (nSPS) is 21.3. The van der Waals surface area contributed by atoms with Gasteiger partial charge in [0.25, 0.3) is 0 Å². The van der Waals surface area contributed by atoms with Crippen molar-refractivity contribution >= 4 is 25.7 Å². The zero-order valence-electron chi connectivity index (χ0n) is 16.6. The Morgan fingerprint density at radius 2 is 2.06 bits per heavy atom. The zero-order chi connectivity index (χ0) is 23.0. The van der Waals surface area contributed by atoms with E-state index in [4.69, 9.17) is 16.6 Å². The van der Waals surface area contributed by atoms with Gasteiger partial charge in [0, 0.05) is 30.9 Å². The number of primary sulfonamides is 1. The number of benzene rings is 1. The van der Waals surface area contributed by atoms with Crippen molar-refractivity contribution in [1.29, 1.82) is 0 Å². The molecule has 0 spiro atoms. The van der Waals surface area contributed by atoms with Gasteiger partial charge in [-0.25, -0.2) is 31.1 Å². The third-order valence-corrected chi connectivity index (χ3v) is 7.64. The topological polar surface area (TPSA) is 216 Å². The summed E-state index contributed by atoms with van der Waals surface area (Å²) in [6.45, 7) is 1.66. The molecule has 0 unspecified atom stereocenters. The first-order valence-corrected chi connectivity index (χ1v) is 12.3. The van der Waals surface area contributed by atoms with Gasteiger partial charge in [-0.2, -0.15) is 5.21 Å². The van der Waals surface area contributed by atoms with E-state index >= 15 is 0 Å². The SMILES string of the molecule is C[C@H](CN)NS(=O)(=O)c1ccc(N2CC[C@@H](N)[C@@H](F)C2)c(-c2nn[nH]n2)c1S(N)(=O)=O. The van der Waals surface area contributed by atoms with Crippen molar-refractivity contribution in [2.75, 3.05) is 24.5 Å². The number of alkyl halides is 1. The zero-order valence-corrected chi connectivity index (χ0v) is 18.2. The summed E-state index contributed by atoms with van der Waals surface area (Å²) < 4.78 is 67.6. The second-order valence-corrected chi connectivity index (χ2v) is 10.4. The molecular weight excluding hydrogens is 453 g/mol. The minimum absolute atomic E-state index is 0.0222. The molecule has 13 nitrogen and oxygen atoms in total. The van der Waals surface area contributed by atoms with Crippen molar-refractivity contribution in [3.63, 3.8) is 0 Å². The van der Waals surface area contributed by atoms with Crippen molar-refractivity contribution in [2.24, 2.45) is 16.6 Å². The van der Waals surface area contributed by atoms with E-state index in [0.717, 1.165) is 6.07 Å². The Morgan fingerprint density at radius 3 is 2.61 bits per heavy atom. The Balaban J connectivity index is 2.29. The predicted octanol–water partition coefficient (Wildman–Crippen LogP) is -1.98. The highest BCUT2D eigenvalue weighted by Crippen LogP contribution is 2.39. The number of hydrogen-bond acceptors (Lipinski definition) is 10. The number of piperidine rings is 1. The fraction of sp³-hybridized carbons (Fsp3) is 0.533. The van der Waals surface area contributed by atoms with Crippen molar-refractivity contribution in [1.82, 2.24) is 25.3 Å². The van der Waals surface area contributed by atoms with Crippen LogP contribution in [0.1, 0.15) is 13.3 Å². The molecule has 1 aliphatic rings. The van der Waals surface area contributed by atoms with Gasteiger partial charge in [-0.15, -0.1) is 10.2 Å². The second-order valence-electron chi connectivity index (χ2n) is 7.24. The van der Waals surface area contributed by atoms with E-state index in [-0.39, 0.29) is 30.2 Å². The molecule has 0 bridgehead atoms. The third-order valence-electron chi connectivity index (χ3n) is 4.88. The van der Waals surface area contributed by atoms with Gasteiger partial charge >= 0.3 is 0 Å². The number of nitrogens with one attached hydrogen (secondary N) is 2. The molecule has 1 aromatic carbocycles. The van der Waals surface area contributed by atoms with Crippen LogP contribution in [0, 0.1) is 0 Å². The first-order chi connectivity index (χ1) is 14.5. The van der Waals surface area contributed by atoms with Gasteiger partial charge in [0.05, 0.1) is 12.1 Å². The van der Waals surface area contributed by atoms with Gasteiger partial charge < -0.3 is 16.4 Å². The van der Waals surface area contributed by atoms with E-state index in [1.165, 1.54) is 13.0 Å². The average Bonchev–Trinajstić information content (AvgIpc) is 3.22. The van der Waals surface area contributed by atoms with Crippen LogP contribution >= 0.6 is 0 Å². The first kappa shape index (κ1) is 23.4. The number of sulfonamides is 2. The molecule has 0 aliphatic carbocycles. The molecule has 2 heterocycles. The molecule has 1 saturated heterocycles. The maximum absolute atomic E-state index is 14.3. The van der Waals surface area contributed by atoms with Crippen LogP contribution in [0.3, 0.4) is 0 Å². The number of tetrazole rings is 1. The molecule has 1 aliphatic heterocycles. The van der Waals surface area contributed by atoms with Gasteiger partial charge in [0.15, 0.2) is 0 Å². The molecule has 2 aromatic rings. The van der Waals surface area contributed by atoms with Crippen molar-refractivity contribution in [3.05, 3.63) is 12.1 Å². The number of hydrogen-bond donors (Lipinski definition) is 5. The quantitative estimate of drug-likeness (QED) is 0.296. The fourth-order valence-corrected chi connectivity index (χ4v) is 6.17. The summed E-state index contributed by atoms with van der Waals surface area (Å²) in [4.78, 5) is 0.207. The molecule has 3 atom stereocenters. The van der Waals surface area contributed by atoms with E-state index in [0.29, 0.717) is 13.0 Å². The Bertz CT molecular complexity index is 1140. The maximum atomic E-state index is 14.3. The number of aromatic amines is 1. The number of anilines is 1. The van der Waals surface area contributed by atoms with Gasteiger partial charge in [-0.3, -0.25) is 0 Å². The van der Waals surface area contributed by atoms with Crippen LogP contribution in [-0.2, 0) is 20.0 Å². The smallest absolute Gasteiger partial charge is 0.242 e. The summed E-state index contributed by atoms with van der Waals surface area (Å²) in [5.41, 5.74) is 11.2. The lowest BCUT2D eigenvalue weighted by Crippen LogP contribution is -2.49. The van der Waals surface area contributed by atoms with Crippen molar-refractivity contribution in [2.45, 2.75) is 41.4 Å². The molecule has 0 amide bonds. The lowest BCUT2D eigenvalue weighted by molar-refractivity contribution is 0.251. The van der Waals surface area contributed by atoms with Crippen molar-refractivity contribution < 1.29 is 21.2 Å². The van der Waals surface area contributed by atoms with Gasteiger partial charge in [0.2, 0.25) is 25.9 Å². The van der Waals surface area contributed by atoms with Crippen LogP contribution in [0.2, 0.25) is 0 Å². The number of halogens is 1. The summed E-state index contributed by atoms with van der Waals surface area (Å²) in [6, 6.07) is 1.10. The highest BCUT2D eigenvalue weighted by molar-refractivity contribution is 7.92. The van der Waals surface area contributed by atoms with E-state index in [9.17, 15) is 21.2 Å². The van der Waals surface area contributed by atoms with Gasteiger partial charge in [-0.1, -0.05) is 0 Å². The molecular formula is C15H24FN9O4S2. The number of aromatic nitrogens is 4. The molecule has 0 radical (unpaired) electrons. The molecule has 3 rings (SSSR count). The molecule has 8 N–H and O–H groups in total. The lowest BCUT2D eigenvalue weighted by atomic mass is 10.0. The summed E-state index contributed by atoms with van der Waals surface area (Å²) >= 11 is 0. The van der Waals surface area contributed by atoms with Crippen LogP contribution in [0.25, 0.3) is 11.4 Å². The van der Waals surface area contributed by atoms with Crippen LogP contribution < -0.4 is 26.2 Å². The number of H-pyrrole nitrogens is 1. The van der Waals surface area contributed by atoms with Crippen molar-refractivity contribution in [3.8, 4) is 11.4 Å². The van der Waals surface area contributed by atoms with E-state index in [2.05, 4.69) is 25.3 Å². The van der Waals surface area contributed by atoms with Crippen LogP contribution in [0.15, 0.2) is 21.9 Å². The summed E-state index contributed by atoms with van der Waals surface area (Å²) in [6.07, 6.45) is -1.08. The number of nitrogens with two attached hydrogens (primary N) is 3. The Kier molecular flexibility index (Phi) is 6.59. The minimum atomic E-state index is -4.62. The Labute approximate surface area is 178 Å². The molecule has 16 heteroatoms. The number of nitrogens with zero attached hydrogens (tertiary/aromatic N) is 4. The lowest BCUT2D eigenvalue weighted by Gasteiger charge is -2.35. The molecule has 1 aromatic heterocycles. The van der Waals surface area contributed by atoms with E-state index in [1.807, 2.05) is 0 Å². The maximum Gasteiger partial charge on any atom is 0.242 e. The Morgan fingerprint density at radius 1 is 1.35 bits per heavy atom. The first-order valence-electron chi connectivity index (χ1n) is 9.26. The van der Waals surface area contributed by atoms with Crippen LogP contribution in [-0.4, -0.2) is 75.3 Å². The number of rotatable bonds is 7. The minimum Gasteiger partial charge on any atom is -0.368 e. The summed E-state index contributed by atoms with van der Waals surface area (Å²) in [7, 11) is -8.97. The summed E-state index contributed by atoms with van der Waals surface area (Å²) in [5.74, 6) is -0.215. The largest absolute Gasteiger partial charge is 0.368 e. The summed E-state index contributed by atoms with van der Waals surface area (Å²) in [5, 5.41) is 18.6. The van der Waals surface area contributed by atoms with Crippen LogP contribution in [0.5, 0.6) is 0 Å². The predicted molar refractivity (Wildman–Crippen MR) is 110 cm³/mol. The van der Waals surface area contributed by atoms with E-state index in [1.54, 1.807) is 4.90 Å². The second kappa shape index (κ2) is 8.71.